The number of nitrogens with zero attached hydrogens (tertiary/aromatic N) is 2. The Morgan fingerprint density at radius 2 is 2.19 bits per heavy atom. The summed E-state index contributed by atoms with van der Waals surface area (Å²) in [6.07, 6.45) is 1.34. The van der Waals surface area contributed by atoms with Crippen LogP contribution in [-0.4, -0.2) is 32.2 Å². The normalized spacial score (nSPS) is 16.8. The molecule has 21 heavy (non-hydrogen) atoms. The van der Waals surface area contributed by atoms with Gasteiger partial charge in [-0.15, -0.1) is 15.7 Å². The lowest BCUT2D eigenvalue weighted by Gasteiger charge is -2.13. The van der Waals surface area contributed by atoms with Gasteiger partial charge in [-0.1, -0.05) is 6.07 Å². The number of carbonyl (C=O) groups excluding carboxylic acids is 1. The van der Waals surface area contributed by atoms with Crippen molar-refractivity contribution in [1.82, 2.24) is 9.71 Å². The molecule has 0 fully saturated rings. The summed E-state index contributed by atoms with van der Waals surface area (Å²) in [4.78, 5) is 15.7. The van der Waals surface area contributed by atoms with Crippen LogP contribution in [0.1, 0.15) is 5.56 Å². The molecule has 9 heteroatoms. The molecule has 1 aromatic carbocycles. The van der Waals surface area contributed by atoms with Gasteiger partial charge in [-0.2, -0.15) is 8.42 Å². The Bertz CT molecular complexity index is 896. The number of fused-ring (bicyclic) bond motifs is 1. The number of allylic oxidation sites excluding steroid dienone is 1. The molecular formula is C12H9N3O4S2. The second kappa shape index (κ2) is 4.93. The number of rotatable bonds is 2. The molecule has 2 aromatic rings. The fourth-order valence-corrected chi connectivity index (χ4v) is 3.44. The van der Waals surface area contributed by atoms with Crippen LogP contribution in [0.4, 0.5) is 0 Å². The van der Waals surface area contributed by atoms with E-state index >= 15 is 0 Å². The molecule has 0 unspecified atom stereocenters. The number of carbonyl (C=O) groups is 1. The quantitative estimate of drug-likeness (QED) is 0.831. The van der Waals surface area contributed by atoms with Crippen LogP contribution in [0.2, 0.25) is 0 Å². The molecule has 0 spiro atoms. The summed E-state index contributed by atoms with van der Waals surface area (Å²) in [6.45, 7) is 0. The molecule has 0 saturated heterocycles. The van der Waals surface area contributed by atoms with Crippen LogP contribution in [0.3, 0.4) is 0 Å². The Morgan fingerprint density at radius 1 is 1.38 bits per heavy atom. The minimum Gasteiger partial charge on any atom is -0.464 e. The number of hydrogen-bond donors (Lipinski definition) is 1. The van der Waals surface area contributed by atoms with E-state index in [4.69, 9.17) is 0 Å². The molecular weight excluding hydrogens is 314 g/mol. The highest BCUT2D eigenvalue weighted by molar-refractivity contribution is 7.88. The van der Waals surface area contributed by atoms with Gasteiger partial charge in [0.25, 0.3) is 0 Å². The van der Waals surface area contributed by atoms with E-state index in [0.717, 1.165) is 10.2 Å². The Balaban J connectivity index is 2.12. The molecule has 0 atom stereocenters. The van der Waals surface area contributed by atoms with E-state index in [-0.39, 0.29) is 11.4 Å². The molecule has 1 N–H and O–H groups in total. The molecule has 0 amide bonds. The topological polar surface area (TPSA) is 97.7 Å². The first-order valence-electron chi connectivity index (χ1n) is 5.75. The first-order valence-corrected chi connectivity index (χ1v) is 8.07. The number of nitrogens with one attached hydrogen (secondary N) is 1. The van der Waals surface area contributed by atoms with Crippen LogP contribution in [-0.2, 0) is 19.7 Å². The highest BCUT2D eigenvalue weighted by Gasteiger charge is 2.24. The molecule has 108 valence electrons. The summed E-state index contributed by atoms with van der Waals surface area (Å²) in [5, 5.41) is 0. The summed E-state index contributed by atoms with van der Waals surface area (Å²) in [5.41, 5.74) is 3.10. The number of ether oxygens (including phenoxy) is 1. The van der Waals surface area contributed by atoms with Crippen molar-refractivity contribution in [3.8, 4) is 0 Å². The van der Waals surface area contributed by atoms with Gasteiger partial charge in [-0.05, 0) is 18.2 Å². The lowest BCUT2D eigenvalue weighted by Crippen LogP contribution is -2.31. The third-order valence-electron chi connectivity index (χ3n) is 2.77. The second-order valence-corrected chi connectivity index (χ2v) is 6.36. The van der Waals surface area contributed by atoms with Gasteiger partial charge >= 0.3 is 16.2 Å². The van der Waals surface area contributed by atoms with Crippen molar-refractivity contribution < 1.29 is 17.9 Å². The van der Waals surface area contributed by atoms with Crippen molar-refractivity contribution in [1.29, 1.82) is 0 Å². The predicted octanol–water partition coefficient (Wildman–Crippen LogP) is 0.990. The van der Waals surface area contributed by atoms with Crippen molar-refractivity contribution in [3.05, 3.63) is 41.0 Å². The van der Waals surface area contributed by atoms with E-state index in [2.05, 4.69) is 14.1 Å². The van der Waals surface area contributed by atoms with Crippen molar-refractivity contribution in [2.24, 2.45) is 4.40 Å². The van der Waals surface area contributed by atoms with Gasteiger partial charge in [-0.25, -0.2) is 9.78 Å². The minimum absolute atomic E-state index is 0.171. The van der Waals surface area contributed by atoms with Gasteiger partial charge in [0, 0.05) is 5.56 Å². The fourth-order valence-electron chi connectivity index (χ4n) is 1.84. The lowest BCUT2D eigenvalue weighted by molar-refractivity contribution is -0.136. The predicted molar refractivity (Wildman–Crippen MR) is 78.3 cm³/mol. The van der Waals surface area contributed by atoms with Crippen LogP contribution in [0.15, 0.2) is 39.9 Å². The van der Waals surface area contributed by atoms with Crippen molar-refractivity contribution in [3.63, 3.8) is 0 Å². The molecule has 1 aromatic heterocycles. The van der Waals surface area contributed by atoms with Crippen molar-refractivity contribution in [2.45, 2.75) is 0 Å². The van der Waals surface area contributed by atoms with E-state index in [9.17, 15) is 13.2 Å². The third-order valence-corrected chi connectivity index (χ3v) is 4.48. The monoisotopic (exact) mass is 323 g/mol. The summed E-state index contributed by atoms with van der Waals surface area (Å²) >= 11 is 1.43. The Hall–Kier alpha value is -2.26. The molecule has 7 nitrogen and oxygen atoms in total. The molecule has 1 aliphatic rings. The molecule has 3 rings (SSSR count). The van der Waals surface area contributed by atoms with E-state index < -0.39 is 16.2 Å². The molecule has 0 saturated carbocycles. The van der Waals surface area contributed by atoms with E-state index in [0.29, 0.717) is 5.56 Å². The highest BCUT2D eigenvalue weighted by atomic mass is 32.2. The average Bonchev–Trinajstić information content (AvgIpc) is 2.92. The largest absolute Gasteiger partial charge is 0.464 e. The number of esters is 1. The number of methoxy groups -OCH3 is 1. The van der Waals surface area contributed by atoms with Crippen LogP contribution in [0.25, 0.3) is 10.2 Å². The zero-order valence-electron chi connectivity index (χ0n) is 10.7. The average molecular weight is 323 g/mol. The Morgan fingerprint density at radius 3 is 2.95 bits per heavy atom. The van der Waals surface area contributed by atoms with Gasteiger partial charge in [0.1, 0.15) is 5.70 Å². The Labute approximate surface area is 124 Å². The summed E-state index contributed by atoms with van der Waals surface area (Å²) < 4.78 is 34.5. The first-order chi connectivity index (χ1) is 9.98. The van der Waals surface area contributed by atoms with Crippen molar-refractivity contribution >= 4 is 43.4 Å². The van der Waals surface area contributed by atoms with Crippen LogP contribution in [0.5, 0.6) is 0 Å². The molecule has 2 heterocycles. The number of benzene rings is 1. The first kappa shape index (κ1) is 13.7. The smallest absolute Gasteiger partial charge is 0.355 e. The van der Waals surface area contributed by atoms with Crippen molar-refractivity contribution in [2.75, 3.05) is 7.11 Å². The van der Waals surface area contributed by atoms with Gasteiger partial charge in [-0.3, -0.25) is 4.72 Å². The zero-order chi connectivity index (χ0) is 15.0. The molecule has 0 bridgehead atoms. The molecule has 1 aliphatic heterocycles. The number of aromatic nitrogens is 1. The SMILES string of the molecule is COC(=O)C1=CC(c2ccc3ncsc3c2)=NS(=O)(=O)N1. The van der Waals surface area contributed by atoms with E-state index in [1.54, 1.807) is 23.7 Å². The van der Waals surface area contributed by atoms with Gasteiger partial charge < -0.3 is 4.74 Å². The molecule has 0 aliphatic carbocycles. The van der Waals surface area contributed by atoms with Crippen LogP contribution < -0.4 is 4.72 Å². The van der Waals surface area contributed by atoms with E-state index in [1.807, 2.05) is 4.72 Å². The summed E-state index contributed by atoms with van der Waals surface area (Å²) in [6, 6.07) is 5.25. The second-order valence-electron chi connectivity index (χ2n) is 4.14. The van der Waals surface area contributed by atoms with Crippen LogP contribution in [0, 0.1) is 0 Å². The number of thiazole rings is 1. The van der Waals surface area contributed by atoms with E-state index in [1.165, 1.54) is 24.5 Å². The summed E-state index contributed by atoms with van der Waals surface area (Å²) in [5.74, 6) is -0.773. The Kier molecular flexibility index (Phi) is 3.22. The maximum absolute atomic E-state index is 11.7. The fraction of sp³-hybridized carbons (Fsp3) is 0.0833. The lowest BCUT2D eigenvalue weighted by atomic mass is 10.1. The van der Waals surface area contributed by atoms with Crippen LogP contribution >= 0.6 is 11.3 Å². The third kappa shape index (κ3) is 2.65. The van der Waals surface area contributed by atoms with Gasteiger partial charge in [0.05, 0.1) is 28.5 Å². The maximum Gasteiger partial charge on any atom is 0.355 e. The van der Waals surface area contributed by atoms with Gasteiger partial charge in [0.2, 0.25) is 0 Å². The minimum atomic E-state index is -3.97. The number of hydrogen-bond acceptors (Lipinski definition) is 6. The van der Waals surface area contributed by atoms with Gasteiger partial charge in [0.15, 0.2) is 0 Å². The highest BCUT2D eigenvalue weighted by Crippen LogP contribution is 2.21. The molecule has 0 radical (unpaired) electrons. The standard InChI is InChI=1S/C12H9N3O4S2/c1-19-12(16)10-5-9(14-21(17,18)15-10)7-2-3-8-11(4-7)20-6-13-8/h2-6,15H,1H3. The summed E-state index contributed by atoms with van der Waals surface area (Å²) in [7, 11) is -2.79. The zero-order valence-corrected chi connectivity index (χ0v) is 12.4. The maximum atomic E-state index is 11.7.